The zero-order valence-electron chi connectivity index (χ0n) is 9.82. The monoisotopic (exact) mass is 231 g/mol. The van der Waals surface area contributed by atoms with Gasteiger partial charge in [0.05, 0.1) is 5.54 Å². The zero-order valence-corrected chi connectivity index (χ0v) is 9.82. The molecule has 1 saturated heterocycles. The number of carbonyl (C=O) groups is 1. The molecule has 3 heteroatoms. The SMILES string of the molecule is C=CC(=O)NC1(c2ccccc2)CCOCC1. The van der Waals surface area contributed by atoms with Crippen LogP contribution in [0.2, 0.25) is 0 Å². The van der Waals surface area contributed by atoms with E-state index in [-0.39, 0.29) is 11.4 Å². The Hall–Kier alpha value is -1.61. The van der Waals surface area contributed by atoms with Gasteiger partial charge in [-0.15, -0.1) is 0 Å². The van der Waals surface area contributed by atoms with Crippen molar-refractivity contribution in [2.24, 2.45) is 0 Å². The largest absolute Gasteiger partial charge is 0.381 e. The Labute approximate surface area is 101 Å². The maximum atomic E-state index is 11.6. The molecule has 90 valence electrons. The van der Waals surface area contributed by atoms with Gasteiger partial charge in [0.25, 0.3) is 0 Å². The maximum Gasteiger partial charge on any atom is 0.244 e. The topological polar surface area (TPSA) is 38.3 Å². The standard InChI is InChI=1S/C14H17NO2/c1-2-13(16)15-14(8-10-17-11-9-14)12-6-4-3-5-7-12/h2-7H,1,8-11H2,(H,15,16). The van der Waals surface area contributed by atoms with Crippen molar-refractivity contribution >= 4 is 5.91 Å². The van der Waals surface area contributed by atoms with Crippen molar-refractivity contribution in [1.82, 2.24) is 5.32 Å². The minimum Gasteiger partial charge on any atom is -0.381 e. The summed E-state index contributed by atoms with van der Waals surface area (Å²) >= 11 is 0. The molecule has 0 aliphatic carbocycles. The van der Waals surface area contributed by atoms with E-state index < -0.39 is 0 Å². The number of carbonyl (C=O) groups excluding carboxylic acids is 1. The molecule has 1 aromatic carbocycles. The van der Waals surface area contributed by atoms with Crippen molar-refractivity contribution in [1.29, 1.82) is 0 Å². The van der Waals surface area contributed by atoms with Gasteiger partial charge in [0.15, 0.2) is 0 Å². The van der Waals surface area contributed by atoms with E-state index >= 15 is 0 Å². The summed E-state index contributed by atoms with van der Waals surface area (Å²) in [5, 5.41) is 3.06. The first-order valence-corrected chi connectivity index (χ1v) is 5.85. The highest BCUT2D eigenvalue weighted by Gasteiger charge is 2.35. The molecule has 1 aromatic rings. The lowest BCUT2D eigenvalue weighted by Gasteiger charge is -2.38. The van der Waals surface area contributed by atoms with Crippen LogP contribution >= 0.6 is 0 Å². The number of hydrogen-bond acceptors (Lipinski definition) is 2. The van der Waals surface area contributed by atoms with Gasteiger partial charge in [0, 0.05) is 13.2 Å². The van der Waals surface area contributed by atoms with Crippen LogP contribution in [0.15, 0.2) is 43.0 Å². The van der Waals surface area contributed by atoms with Crippen molar-refractivity contribution in [3.05, 3.63) is 48.6 Å². The molecule has 1 aliphatic heterocycles. The molecule has 0 radical (unpaired) electrons. The summed E-state index contributed by atoms with van der Waals surface area (Å²) in [6, 6.07) is 10.1. The molecule has 1 heterocycles. The fourth-order valence-electron chi connectivity index (χ4n) is 2.25. The molecule has 1 amide bonds. The predicted molar refractivity (Wildman–Crippen MR) is 66.5 cm³/mol. The second-order valence-electron chi connectivity index (χ2n) is 4.25. The lowest BCUT2D eigenvalue weighted by atomic mass is 9.82. The van der Waals surface area contributed by atoms with E-state index in [0.717, 1.165) is 18.4 Å². The summed E-state index contributed by atoms with van der Waals surface area (Å²) in [6.07, 6.45) is 2.92. The molecule has 0 unspecified atom stereocenters. The highest BCUT2D eigenvalue weighted by atomic mass is 16.5. The third-order valence-electron chi connectivity index (χ3n) is 3.22. The van der Waals surface area contributed by atoms with Gasteiger partial charge in [-0.3, -0.25) is 4.79 Å². The van der Waals surface area contributed by atoms with E-state index in [2.05, 4.69) is 24.0 Å². The van der Waals surface area contributed by atoms with Gasteiger partial charge < -0.3 is 10.1 Å². The lowest BCUT2D eigenvalue weighted by Crippen LogP contribution is -2.48. The fourth-order valence-corrected chi connectivity index (χ4v) is 2.25. The molecule has 17 heavy (non-hydrogen) atoms. The summed E-state index contributed by atoms with van der Waals surface area (Å²) in [7, 11) is 0. The molecule has 3 nitrogen and oxygen atoms in total. The molecule has 0 saturated carbocycles. The summed E-state index contributed by atoms with van der Waals surface area (Å²) in [6.45, 7) is 4.85. The quantitative estimate of drug-likeness (QED) is 0.808. The number of benzene rings is 1. The van der Waals surface area contributed by atoms with Crippen LogP contribution < -0.4 is 5.32 Å². The average Bonchev–Trinajstić information content (AvgIpc) is 2.40. The van der Waals surface area contributed by atoms with Gasteiger partial charge in [0.1, 0.15) is 0 Å². The summed E-state index contributed by atoms with van der Waals surface area (Å²) in [5.74, 6) is -0.129. The maximum absolute atomic E-state index is 11.6. The van der Waals surface area contributed by atoms with Gasteiger partial charge in [-0.2, -0.15) is 0 Å². The Morgan fingerprint density at radius 3 is 2.53 bits per heavy atom. The highest BCUT2D eigenvalue weighted by Crippen LogP contribution is 2.31. The van der Waals surface area contributed by atoms with Crippen molar-refractivity contribution < 1.29 is 9.53 Å². The number of amides is 1. The van der Waals surface area contributed by atoms with Crippen LogP contribution in [-0.4, -0.2) is 19.1 Å². The zero-order chi connectivity index (χ0) is 12.1. The Kier molecular flexibility index (Phi) is 3.59. The number of ether oxygens (including phenoxy) is 1. The molecular weight excluding hydrogens is 214 g/mol. The lowest BCUT2D eigenvalue weighted by molar-refractivity contribution is -0.119. The van der Waals surface area contributed by atoms with E-state index in [0.29, 0.717) is 13.2 Å². The highest BCUT2D eigenvalue weighted by molar-refractivity contribution is 5.87. The first-order chi connectivity index (χ1) is 8.27. The summed E-state index contributed by atoms with van der Waals surface area (Å²) < 4.78 is 5.38. The Morgan fingerprint density at radius 1 is 1.29 bits per heavy atom. The van der Waals surface area contributed by atoms with Crippen LogP contribution in [0, 0.1) is 0 Å². The van der Waals surface area contributed by atoms with Crippen molar-refractivity contribution in [3.8, 4) is 0 Å². The predicted octanol–water partition coefficient (Wildman–Crippen LogP) is 1.99. The van der Waals surface area contributed by atoms with Gasteiger partial charge >= 0.3 is 0 Å². The van der Waals surface area contributed by atoms with Crippen LogP contribution in [-0.2, 0) is 15.1 Å². The van der Waals surface area contributed by atoms with E-state index in [1.54, 1.807) is 0 Å². The van der Waals surface area contributed by atoms with Crippen LogP contribution in [0.5, 0.6) is 0 Å². The Morgan fingerprint density at radius 2 is 1.94 bits per heavy atom. The number of rotatable bonds is 3. The second-order valence-corrected chi connectivity index (χ2v) is 4.25. The molecule has 0 atom stereocenters. The van der Waals surface area contributed by atoms with Crippen molar-refractivity contribution in [2.45, 2.75) is 18.4 Å². The first-order valence-electron chi connectivity index (χ1n) is 5.85. The Bertz CT molecular complexity index is 394. The van der Waals surface area contributed by atoms with E-state index in [4.69, 9.17) is 4.74 Å². The summed E-state index contributed by atoms with van der Waals surface area (Å²) in [5.41, 5.74) is 0.837. The molecule has 1 N–H and O–H groups in total. The van der Waals surface area contributed by atoms with Crippen molar-refractivity contribution in [2.75, 3.05) is 13.2 Å². The average molecular weight is 231 g/mol. The fraction of sp³-hybridized carbons (Fsp3) is 0.357. The van der Waals surface area contributed by atoms with Gasteiger partial charge in [-0.05, 0) is 24.5 Å². The van der Waals surface area contributed by atoms with Gasteiger partial charge in [-0.1, -0.05) is 36.9 Å². The third-order valence-corrected chi connectivity index (χ3v) is 3.22. The smallest absolute Gasteiger partial charge is 0.244 e. The molecule has 0 aromatic heterocycles. The van der Waals surface area contributed by atoms with Gasteiger partial charge in [0.2, 0.25) is 5.91 Å². The van der Waals surface area contributed by atoms with E-state index in [1.807, 2.05) is 18.2 Å². The van der Waals surface area contributed by atoms with Crippen LogP contribution in [0.4, 0.5) is 0 Å². The molecule has 0 bridgehead atoms. The van der Waals surface area contributed by atoms with Gasteiger partial charge in [-0.25, -0.2) is 0 Å². The summed E-state index contributed by atoms with van der Waals surface area (Å²) in [4.78, 5) is 11.6. The molecule has 2 rings (SSSR count). The number of hydrogen-bond donors (Lipinski definition) is 1. The normalized spacial score (nSPS) is 18.4. The third kappa shape index (κ3) is 2.56. The molecular formula is C14H17NO2. The minimum absolute atomic E-state index is 0.129. The Balaban J connectivity index is 2.29. The molecule has 1 fully saturated rings. The minimum atomic E-state index is -0.301. The van der Waals surface area contributed by atoms with E-state index in [9.17, 15) is 4.79 Å². The first kappa shape index (κ1) is 11.9. The van der Waals surface area contributed by atoms with Crippen LogP contribution in [0.1, 0.15) is 18.4 Å². The molecule has 0 spiro atoms. The second kappa shape index (κ2) is 5.15. The van der Waals surface area contributed by atoms with E-state index in [1.165, 1.54) is 6.08 Å². The number of nitrogens with one attached hydrogen (secondary N) is 1. The van der Waals surface area contributed by atoms with Crippen LogP contribution in [0.3, 0.4) is 0 Å². The molecule has 1 aliphatic rings. The van der Waals surface area contributed by atoms with Crippen molar-refractivity contribution in [3.63, 3.8) is 0 Å². The van der Waals surface area contributed by atoms with Crippen LogP contribution in [0.25, 0.3) is 0 Å².